The molecule has 0 aromatic rings. The van der Waals surface area contributed by atoms with Crippen molar-refractivity contribution in [1.29, 1.82) is 0 Å². The molecule has 0 aromatic carbocycles. The molecule has 0 spiro atoms. The van der Waals surface area contributed by atoms with Gasteiger partial charge < -0.3 is 4.74 Å². The fourth-order valence-corrected chi connectivity index (χ4v) is 3.93. The third-order valence-corrected chi connectivity index (χ3v) is 6.10. The number of carbonyl (C=O) groups is 1. The molecule has 178 valence electrons. The van der Waals surface area contributed by atoms with E-state index in [-0.39, 0.29) is 12.1 Å². The molecular formula is C28H54O2. The highest BCUT2D eigenvalue weighted by atomic mass is 16.5. The van der Waals surface area contributed by atoms with Gasteiger partial charge in [-0.05, 0) is 39.5 Å². The van der Waals surface area contributed by atoms with Crippen LogP contribution in [-0.4, -0.2) is 12.1 Å². The number of carbonyl (C=O) groups excluding carboxylic acids is 1. The predicted octanol–water partition coefficient (Wildman–Crippen LogP) is 9.71. The van der Waals surface area contributed by atoms with Crippen LogP contribution >= 0.6 is 0 Å². The average Bonchev–Trinajstić information content (AvgIpc) is 2.73. The van der Waals surface area contributed by atoms with Crippen molar-refractivity contribution >= 4 is 5.97 Å². The van der Waals surface area contributed by atoms with Crippen molar-refractivity contribution in [1.82, 2.24) is 0 Å². The third-order valence-electron chi connectivity index (χ3n) is 6.10. The lowest BCUT2D eigenvalue weighted by molar-refractivity contribution is -0.143. The minimum Gasteiger partial charge on any atom is -0.459 e. The molecule has 1 atom stereocenters. The van der Waals surface area contributed by atoms with Crippen molar-refractivity contribution in [2.45, 2.75) is 162 Å². The average molecular weight is 423 g/mol. The number of rotatable bonds is 22. The van der Waals surface area contributed by atoms with Gasteiger partial charge in [0.05, 0.1) is 6.10 Å². The first-order valence-electron chi connectivity index (χ1n) is 13.5. The van der Waals surface area contributed by atoms with Gasteiger partial charge in [0, 0.05) is 5.57 Å². The molecule has 0 N–H and O–H groups in total. The van der Waals surface area contributed by atoms with Crippen molar-refractivity contribution in [3.8, 4) is 0 Å². The van der Waals surface area contributed by atoms with Crippen molar-refractivity contribution in [3.05, 3.63) is 11.6 Å². The van der Waals surface area contributed by atoms with Crippen LogP contribution in [0.15, 0.2) is 11.6 Å². The van der Waals surface area contributed by atoms with E-state index in [0.29, 0.717) is 0 Å². The van der Waals surface area contributed by atoms with Gasteiger partial charge in [-0.15, -0.1) is 0 Å². The Morgan fingerprint density at radius 2 is 1.07 bits per heavy atom. The quantitative estimate of drug-likeness (QED) is 0.0985. The highest BCUT2D eigenvalue weighted by Gasteiger charge is 2.10. The van der Waals surface area contributed by atoms with E-state index in [1.165, 1.54) is 116 Å². The van der Waals surface area contributed by atoms with Crippen molar-refractivity contribution in [2.24, 2.45) is 0 Å². The number of unbranched alkanes of at least 4 members (excludes halogenated alkanes) is 17. The van der Waals surface area contributed by atoms with E-state index in [9.17, 15) is 4.79 Å². The molecule has 0 amide bonds. The van der Waals surface area contributed by atoms with Crippen LogP contribution in [0, 0.1) is 0 Å². The molecule has 0 aliphatic rings. The van der Waals surface area contributed by atoms with Crippen LogP contribution in [0.4, 0.5) is 0 Å². The Labute approximate surface area is 189 Å². The van der Waals surface area contributed by atoms with Crippen LogP contribution in [0.2, 0.25) is 0 Å². The monoisotopic (exact) mass is 422 g/mol. The van der Waals surface area contributed by atoms with Gasteiger partial charge >= 0.3 is 5.97 Å². The molecular weight excluding hydrogens is 368 g/mol. The summed E-state index contributed by atoms with van der Waals surface area (Å²) in [5.41, 5.74) is 0.785. The number of hydrogen-bond donors (Lipinski definition) is 0. The summed E-state index contributed by atoms with van der Waals surface area (Å²) < 4.78 is 5.60. The van der Waals surface area contributed by atoms with Crippen LogP contribution in [0.3, 0.4) is 0 Å². The molecule has 0 radical (unpaired) electrons. The van der Waals surface area contributed by atoms with Gasteiger partial charge in [-0.1, -0.05) is 123 Å². The Balaban J connectivity index is 3.55. The van der Waals surface area contributed by atoms with Gasteiger partial charge in [0.25, 0.3) is 0 Å². The molecule has 0 aliphatic carbocycles. The van der Waals surface area contributed by atoms with Crippen LogP contribution in [-0.2, 0) is 9.53 Å². The van der Waals surface area contributed by atoms with Crippen molar-refractivity contribution < 1.29 is 9.53 Å². The van der Waals surface area contributed by atoms with E-state index in [2.05, 4.69) is 19.9 Å². The van der Waals surface area contributed by atoms with E-state index in [4.69, 9.17) is 4.74 Å². The normalized spacial score (nSPS) is 12.9. The summed E-state index contributed by atoms with van der Waals surface area (Å²) in [6.45, 7) is 8.46. The zero-order valence-electron chi connectivity index (χ0n) is 21.1. The molecule has 30 heavy (non-hydrogen) atoms. The highest BCUT2D eigenvalue weighted by Crippen LogP contribution is 2.14. The van der Waals surface area contributed by atoms with Crippen molar-refractivity contribution in [3.63, 3.8) is 0 Å². The fourth-order valence-electron chi connectivity index (χ4n) is 3.93. The van der Waals surface area contributed by atoms with Gasteiger partial charge in [0.1, 0.15) is 0 Å². The van der Waals surface area contributed by atoms with Crippen molar-refractivity contribution in [2.75, 3.05) is 0 Å². The number of allylic oxidation sites excluding steroid dienone is 1. The lowest BCUT2D eigenvalue weighted by Gasteiger charge is -2.13. The predicted molar refractivity (Wildman–Crippen MR) is 133 cm³/mol. The van der Waals surface area contributed by atoms with Gasteiger partial charge in [0.15, 0.2) is 0 Å². The maximum absolute atomic E-state index is 12.2. The SMILES string of the molecule is CCCCCCCCCCCCCCC=C(C)C(=O)OC(C)CCCCCCCC. The largest absolute Gasteiger partial charge is 0.459 e. The highest BCUT2D eigenvalue weighted by molar-refractivity contribution is 5.87. The second-order valence-electron chi connectivity index (χ2n) is 9.34. The summed E-state index contributed by atoms with van der Waals surface area (Å²) in [5.74, 6) is -0.118. The summed E-state index contributed by atoms with van der Waals surface area (Å²) in [7, 11) is 0. The topological polar surface area (TPSA) is 26.3 Å². The summed E-state index contributed by atoms with van der Waals surface area (Å²) in [6, 6.07) is 0. The molecule has 0 saturated carbocycles. The Morgan fingerprint density at radius 3 is 1.53 bits per heavy atom. The van der Waals surface area contributed by atoms with Gasteiger partial charge in [-0.2, -0.15) is 0 Å². The summed E-state index contributed by atoms with van der Waals surface area (Å²) in [4.78, 5) is 12.2. The lowest BCUT2D eigenvalue weighted by Crippen LogP contribution is -2.15. The van der Waals surface area contributed by atoms with E-state index in [1.54, 1.807) is 0 Å². The molecule has 2 heteroatoms. The number of ether oxygens (including phenoxy) is 1. The third kappa shape index (κ3) is 20.5. The Hall–Kier alpha value is -0.790. The van der Waals surface area contributed by atoms with E-state index in [1.807, 2.05) is 13.8 Å². The first-order chi connectivity index (χ1) is 14.6. The number of hydrogen-bond acceptors (Lipinski definition) is 2. The summed E-state index contributed by atoms with van der Waals surface area (Å²) in [5, 5.41) is 0. The van der Waals surface area contributed by atoms with Crippen LogP contribution < -0.4 is 0 Å². The van der Waals surface area contributed by atoms with Crippen LogP contribution in [0.5, 0.6) is 0 Å². The Bertz CT molecular complexity index is 399. The first-order valence-corrected chi connectivity index (χ1v) is 13.5. The molecule has 0 heterocycles. The molecule has 1 unspecified atom stereocenters. The zero-order chi connectivity index (χ0) is 22.3. The summed E-state index contributed by atoms with van der Waals surface area (Å²) >= 11 is 0. The minimum atomic E-state index is -0.118. The molecule has 0 bridgehead atoms. The zero-order valence-corrected chi connectivity index (χ0v) is 21.1. The summed E-state index contributed by atoms with van der Waals surface area (Å²) in [6.07, 6.45) is 28.3. The molecule has 0 aromatic heterocycles. The fraction of sp³-hybridized carbons (Fsp3) is 0.893. The number of esters is 1. The second-order valence-corrected chi connectivity index (χ2v) is 9.34. The lowest BCUT2D eigenvalue weighted by atomic mass is 10.0. The molecule has 0 aliphatic heterocycles. The maximum Gasteiger partial charge on any atom is 0.333 e. The smallest absolute Gasteiger partial charge is 0.333 e. The van der Waals surface area contributed by atoms with E-state index >= 15 is 0 Å². The molecule has 0 rings (SSSR count). The maximum atomic E-state index is 12.2. The van der Waals surface area contributed by atoms with Crippen LogP contribution in [0.25, 0.3) is 0 Å². The second kappa shape index (κ2) is 22.9. The van der Waals surface area contributed by atoms with E-state index < -0.39 is 0 Å². The first kappa shape index (κ1) is 29.2. The molecule has 0 saturated heterocycles. The minimum absolute atomic E-state index is 0.0404. The molecule has 0 fully saturated rings. The standard InChI is InChI=1S/C28H54O2/c1-5-7-9-11-13-14-15-16-17-18-19-20-22-24-26(3)28(29)30-27(4)25-23-21-12-10-8-6-2/h24,27H,5-23,25H2,1-4H3. The van der Waals surface area contributed by atoms with Gasteiger partial charge in [0.2, 0.25) is 0 Å². The van der Waals surface area contributed by atoms with Crippen LogP contribution in [0.1, 0.15) is 156 Å². The molecule has 2 nitrogen and oxygen atoms in total. The van der Waals surface area contributed by atoms with Gasteiger partial charge in [-0.25, -0.2) is 4.79 Å². The van der Waals surface area contributed by atoms with Gasteiger partial charge in [-0.3, -0.25) is 0 Å². The van der Waals surface area contributed by atoms with E-state index in [0.717, 1.165) is 18.4 Å². The Morgan fingerprint density at radius 1 is 0.667 bits per heavy atom. The Kier molecular flexibility index (Phi) is 22.3.